The SMILES string of the molecule is CC(=O)Nc1ccc(CC(N)CNC(=O)OC(C)(C)C)cc1. The highest BCUT2D eigenvalue weighted by atomic mass is 16.6. The second kappa shape index (κ2) is 7.79. The van der Waals surface area contributed by atoms with Gasteiger partial charge in [0.1, 0.15) is 5.60 Å². The Morgan fingerprint density at radius 2 is 1.82 bits per heavy atom. The molecule has 0 saturated carbocycles. The van der Waals surface area contributed by atoms with Crippen molar-refractivity contribution in [1.82, 2.24) is 5.32 Å². The molecule has 0 aliphatic carbocycles. The largest absolute Gasteiger partial charge is 0.444 e. The summed E-state index contributed by atoms with van der Waals surface area (Å²) in [5, 5.41) is 5.36. The van der Waals surface area contributed by atoms with E-state index >= 15 is 0 Å². The van der Waals surface area contributed by atoms with Crippen LogP contribution < -0.4 is 16.4 Å². The van der Waals surface area contributed by atoms with Gasteiger partial charge in [0.15, 0.2) is 0 Å². The minimum atomic E-state index is -0.520. The van der Waals surface area contributed by atoms with E-state index in [-0.39, 0.29) is 11.9 Å². The second-order valence-electron chi connectivity index (χ2n) is 6.23. The molecular weight excluding hydrogens is 282 g/mol. The molecule has 0 radical (unpaired) electrons. The Morgan fingerprint density at radius 3 is 2.32 bits per heavy atom. The summed E-state index contributed by atoms with van der Waals surface area (Å²) >= 11 is 0. The van der Waals surface area contributed by atoms with Crippen molar-refractivity contribution in [2.45, 2.75) is 45.8 Å². The van der Waals surface area contributed by atoms with Crippen LogP contribution >= 0.6 is 0 Å². The summed E-state index contributed by atoms with van der Waals surface area (Å²) in [5.41, 5.74) is 7.26. The zero-order valence-electron chi connectivity index (χ0n) is 13.6. The fourth-order valence-corrected chi connectivity index (χ4v) is 1.83. The number of nitrogens with two attached hydrogens (primary N) is 1. The third-order valence-electron chi connectivity index (χ3n) is 2.68. The van der Waals surface area contributed by atoms with E-state index in [0.717, 1.165) is 11.3 Å². The van der Waals surface area contributed by atoms with E-state index in [0.29, 0.717) is 13.0 Å². The molecule has 4 N–H and O–H groups in total. The number of ether oxygens (including phenoxy) is 1. The average molecular weight is 307 g/mol. The van der Waals surface area contributed by atoms with Gasteiger partial charge in [0, 0.05) is 25.2 Å². The molecule has 1 aromatic rings. The second-order valence-corrected chi connectivity index (χ2v) is 6.23. The number of carbonyl (C=O) groups is 2. The molecule has 22 heavy (non-hydrogen) atoms. The minimum Gasteiger partial charge on any atom is -0.444 e. The summed E-state index contributed by atoms with van der Waals surface area (Å²) in [6.07, 6.45) is 0.153. The van der Waals surface area contributed by atoms with Gasteiger partial charge in [0.05, 0.1) is 0 Å². The number of hydrogen-bond donors (Lipinski definition) is 3. The zero-order valence-corrected chi connectivity index (χ0v) is 13.6. The Labute approximate surface area is 131 Å². The van der Waals surface area contributed by atoms with Crippen LogP contribution in [0.1, 0.15) is 33.3 Å². The molecule has 0 aliphatic heterocycles. The first-order valence-corrected chi connectivity index (χ1v) is 7.24. The topological polar surface area (TPSA) is 93.5 Å². The van der Waals surface area contributed by atoms with Gasteiger partial charge in [-0.3, -0.25) is 4.79 Å². The third kappa shape index (κ3) is 7.64. The van der Waals surface area contributed by atoms with Crippen molar-refractivity contribution in [2.75, 3.05) is 11.9 Å². The maximum atomic E-state index is 11.5. The monoisotopic (exact) mass is 307 g/mol. The van der Waals surface area contributed by atoms with Crippen LogP contribution in [0.25, 0.3) is 0 Å². The first kappa shape index (κ1) is 18.0. The van der Waals surface area contributed by atoms with Gasteiger partial charge in [-0.25, -0.2) is 4.79 Å². The van der Waals surface area contributed by atoms with E-state index in [1.54, 1.807) is 0 Å². The van der Waals surface area contributed by atoms with Crippen LogP contribution in [0.5, 0.6) is 0 Å². The van der Waals surface area contributed by atoms with Crippen LogP contribution in [0.2, 0.25) is 0 Å². The summed E-state index contributed by atoms with van der Waals surface area (Å²) < 4.78 is 5.15. The van der Waals surface area contributed by atoms with Crippen molar-refractivity contribution in [3.8, 4) is 0 Å². The Hall–Kier alpha value is -2.08. The Balaban J connectivity index is 2.40. The zero-order chi connectivity index (χ0) is 16.8. The molecule has 0 aliphatic rings. The summed E-state index contributed by atoms with van der Waals surface area (Å²) in [6, 6.07) is 7.24. The van der Waals surface area contributed by atoms with Crippen molar-refractivity contribution in [1.29, 1.82) is 0 Å². The van der Waals surface area contributed by atoms with Crippen molar-refractivity contribution >= 4 is 17.7 Å². The molecule has 1 unspecified atom stereocenters. The molecule has 1 aromatic carbocycles. The van der Waals surface area contributed by atoms with Crippen molar-refractivity contribution < 1.29 is 14.3 Å². The van der Waals surface area contributed by atoms with E-state index < -0.39 is 11.7 Å². The lowest BCUT2D eigenvalue weighted by molar-refractivity contribution is -0.114. The van der Waals surface area contributed by atoms with E-state index in [9.17, 15) is 9.59 Å². The van der Waals surface area contributed by atoms with Gasteiger partial charge in [-0.1, -0.05) is 12.1 Å². The van der Waals surface area contributed by atoms with Crippen LogP contribution in [-0.4, -0.2) is 30.2 Å². The Bertz CT molecular complexity index is 506. The predicted molar refractivity (Wildman–Crippen MR) is 86.7 cm³/mol. The fourth-order valence-electron chi connectivity index (χ4n) is 1.83. The maximum Gasteiger partial charge on any atom is 0.407 e. The van der Waals surface area contributed by atoms with Gasteiger partial charge >= 0.3 is 6.09 Å². The van der Waals surface area contributed by atoms with Crippen LogP contribution in [0.3, 0.4) is 0 Å². The maximum absolute atomic E-state index is 11.5. The number of benzene rings is 1. The van der Waals surface area contributed by atoms with Crippen LogP contribution in [-0.2, 0) is 16.0 Å². The molecule has 6 nitrogen and oxygen atoms in total. The highest BCUT2D eigenvalue weighted by Crippen LogP contribution is 2.11. The first-order valence-electron chi connectivity index (χ1n) is 7.24. The number of rotatable bonds is 5. The van der Waals surface area contributed by atoms with Crippen LogP contribution in [0.15, 0.2) is 24.3 Å². The van der Waals surface area contributed by atoms with Crippen molar-refractivity contribution in [3.05, 3.63) is 29.8 Å². The summed E-state index contributed by atoms with van der Waals surface area (Å²) in [5.74, 6) is -0.106. The van der Waals surface area contributed by atoms with Gasteiger partial charge in [0.25, 0.3) is 0 Å². The molecule has 1 rings (SSSR count). The standard InChI is InChI=1S/C16H25N3O3/c1-11(20)19-14-7-5-12(6-8-14)9-13(17)10-18-15(21)22-16(2,3)4/h5-8,13H,9-10,17H2,1-4H3,(H,18,21)(H,19,20). The number of nitrogens with one attached hydrogen (secondary N) is 2. The van der Waals surface area contributed by atoms with E-state index in [1.807, 2.05) is 45.0 Å². The molecule has 0 saturated heterocycles. The predicted octanol–water partition coefficient (Wildman–Crippen LogP) is 2.04. The van der Waals surface area contributed by atoms with Gasteiger partial charge < -0.3 is 21.1 Å². The number of alkyl carbamates (subject to hydrolysis) is 1. The molecule has 0 heterocycles. The lowest BCUT2D eigenvalue weighted by Crippen LogP contribution is -2.41. The molecular formula is C16H25N3O3. The van der Waals surface area contributed by atoms with Crippen molar-refractivity contribution in [3.63, 3.8) is 0 Å². The molecule has 0 aromatic heterocycles. The van der Waals surface area contributed by atoms with E-state index in [2.05, 4.69) is 10.6 Å². The number of amides is 2. The molecule has 0 bridgehead atoms. The van der Waals surface area contributed by atoms with E-state index in [1.165, 1.54) is 6.92 Å². The number of anilines is 1. The van der Waals surface area contributed by atoms with Gasteiger partial charge in [-0.05, 0) is 44.9 Å². The fraction of sp³-hybridized carbons (Fsp3) is 0.500. The first-order chi connectivity index (χ1) is 10.2. The third-order valence-corrected chi connectivity index (χ3v) is 2.68. The highest BCUT2D eigenvalue weighted by molar-refractivity contribution is 5.88. The Kier molecular flexibility index (Phi) is 6.37. The number of carbonyl (C=O) groups excluding carboxylic acids is 2. The Morgan fingerprint density at radius 1 is 1.23 bits per heavy atom. The van der Waals surface area contributed by atoms with Crippen LogP contribution in [0.4, 0.5) is 10.5 Å². The van der Waals surface area contributed by atoms with Gasteiger partial charge in [0.2, 0.25) is 5.91 Å². The van der Waals surface area contributed by atoms with Gasteiger partial charge in [-0.2, -0.15) is 0 Å². The summed E-state index contributed by atoms with van der Waals surface area (Å²) in [4.78, 5) is 22.5. The highest BCUT2D eigenvalue weighted by Gasteiger charge is 2.16. The molecule has 0 spiro atoms. The van der Waals surface area contributed by atoms with Crippen molar-refractivity contribution in [2.24, 2.45) is 5.73 Å². The molecule has 6 heteroatoms. The van der Waals surface area contributed by atoms with Gasteiger partial charge in [-0.15, -0.1) is 0 Å². The average Bonchev–Trinajstić information content (AvgIpc) is 2.36. The number of hydrogen-bond acceptors (Lipinski definition) is 4. The lowest BCUT2D eigenvalue weighted by atomic mass is 10.1. The van der Waals surface area contributed by atoms with E-state index in [4.69, 9.17) is 10.5 Å². The molecule has 1 atom stereocenters. The smallest absolute Gasteiger partial charge is 0.407 e. The quantitative estimate of drug-likeness (QED) is 0.776. The normalized spacial score (nSPS) is 12.4. The summed E-state index contributed by atoms with van der Waals surface area (Å²) in [6.45, 7) is 7.23. The molecule has 2 amide bonds. The molecule has 122 valence electrons. The van der Waals surface area contributed by atoms with Crippen LogP contribution in [0, 0.1) is 0 Å². The minimum absolute atomic E-state index is 0.106. The summed E-state index contributed by atoms with van der Waals surface area (Å²) in [7, 11) is 0. The lowest BCUT2D eigenvalue weighted by Gasteiger charge is -2.20. The molecule has 0 fully saturated rings.